The Balaban J connectivity index is 2.13. The van der Waals surface area contributed by atoms with Gasteiger partial charge >= 0.3 is 0 Å². The molecule has 2 rings (SSSR count). The molecule has 0 saturated carbocycles. The third kappa shape index (κ3) is 3.92. The minimum absolute atomic E-state index is 0.152. The second kappa shape index (κ2) is 7.50. The summed E-state index contributed by atoms with van der Waals surface area (Å²) in [5.41, 5.74) is 0.781. The fraction of sp³-hybridized carbons (Fsp3) is 0.333. The maximum atomic E-state index is 12.3. The minimum Gasteiger partial charge on any atom is -0.497 e. The number of hydrogen-bond acceptors (Lipinski definition) is 4. The summed E-state index contributed by atoms with van der Waals surface area (Å²) in [4.78, 5) is 12.3. The van der Waals surface area contributed by atoms with Crippen LogP contribution in [0.25, 0.3) is 0 Å². The molecule has 1 aromatic heterocycles. The molecule has 0 saturated heterocycles. The van der Waals surface area contributed by atoms with Crippen LogP contribution in [0.3, 0.4) is 0 Å². The standard InChI is InChI=1S/C18H20N2O3/c1-13(2)17-9-4-14(12-19)18(21)20(17)10-11-23-16-7-5-15(22-3)6-8-16/h4-9,13H,10-11H2,1-3H3. The number of methoxy groups -OCH3 is 1. The van der Waals surface area contributed by atoms with E-state index in [0.29, 0.717) is 18.9 Å². The SMILES string of the molecule is COc1ccc(OCCn2c(C(C)C)ccc(C#N)c2=O)cc1. The second-order valence-corrected chi connectivity index (χ2v) is 5.42. The van der Waals surface area contributed by atoms with Crippen molar-refractivity contribution in [3.63, 3.8) is 0 Å². The minimum atomic E-state index is -0.267. The van der Waals surface area contributed by atoms with Gasteiger partial charge in [0.2, 0.25) is 0 Å². The molecule has 1 aromatic carbocycles. The van der Waals surface area contributed by atoms with Crippen LogP contribution in [0, 0.1) is 11.3 Å². The highest BCUT2D eigenvalue weighted by molar-refractivity contribution is 5.31. The number of rotatable bonds is 6. The molecule has 0 N–H and O–H groups in total. The van der Waals surface area contributed by atoms with E-state index in [9.17, 15) is 4.79 Å². The smallest absolute Gasteiger partial charge is 0.268 e. The Morgan fingerprint density at radius 1 is 1.13 bits per heavy atom. The molecule has 120 valence electrons. The molecule has 0 unspecified atom stereocenters. The highest BCUT2D eigenvalue weighted by atomic mass is 16.5. The fourth-order valence-corrected chi connectivity index (χ4v) is 2.34. The van der Waals surface area contributed by atoms with Gasteiger partial charge in [0, 0.05) is 5.69 Å². The van der Waals surface area contributed by atoms with Gasteiger partial charge in [0.1, 0.15) is 29.7 Å². The molecule has 0 aliphatic rings. The Kier molecular flexibility index (Phi) is 5.42. The van der Waals surface area contributed by atoms with Crippen molar-refractivity contribution in [3.8, 4) is 17.6 Å². The van der Waals surface area contributed by atoms with Crippen molar-refractivity contribution in [1.82, 2.24) is 4.57 Å². The van der Waals surface area contributed by atoms with E-state index in [1.54, 1.807) is 17.7 Å². The number of pyridine rings is 1. The molecule has 0 atom stereocenters. The van der Waals surface area contributed by atoms with Crippen molar-refractivity contribution in [2.75, 3.05) is 13.7 Å². The molecule has 0 amide bonds. The predicted molar refractivity (Wildman–Crippen MR) is 88.0 cm³/mol. The first-order valence-electron chi connectivity index (χ1n) is 7.47. The molecule has 0 radical (unpaired) electrons. The van der Waals surface area contributed by atoms with Crippen LogP contribution in [0.1, 0.15) is 31.0 Å². The first kappa shape index (κ1) is 16.6. The van der Waals surface area contributed by atoms with E-state index in [0.717, 1.165) is 11.4 Å². The Bertz CT molecular complexity index is 755. The average Bonchev–Trinajstić information content (AvgIpc) is 2.56. The normalized spacial score (nSPS) is 10.4. The van der Waals surface area contributed by atoms with E-state index < -0.39 is 0 Å². The zero-order valence-corrected chi connectivity index (χ0v) is 13.6. The molecule has 0 bridgehead atoms. The molecule has 1 heterocycles. The van der Waals surface area contributed by atoms with Gasteiger partial charge in [-0.3, -0.25) is 4.79 Å². The lowest BCUT2D eigenvalue weighted by atomic mass is 10.1. The summed E-state index contributed by atoms with van der Waals surface area (Å²) in [5.74, 6) is 1.66. The summed E-state index contributed by atoms with van der Waals surface area (Å²) in [6.07, 6.45) is 0. The van der Waals surface area contributed by atoms with Gasteiger partial charge in [0.15, 0.2) is 0 Å². The molecule has 23 heavy (non-hydrogen) atoms. The van der Waals surface area contributed by atoms with Crippen molar-refractivity contribution < 1.29 is 9.47 Å². The van der Waals surface area contributed by atoms with Crippen molar-refractivity contribution in [1.29, 1.82) is 5.26 Å². The zero-order valence-electron chi connectivity index (χ0n) is 13.6. The number of benzene rings is 1. The second-order valence-electron chi connectivity index (χ2n) is 5.42. The van der Waals surface area contributed by atoms with E-state index >= 15 is 0 Å². The van der Waals surface area contributed by atoms with Gasteiger partial charge in [-0.05, 0) is 42.3 Å². The summed E-state index contributed by atoms with van der Waals surface area (Å²) in [5, 5.41) is 9.02. The van der Waals surface area contributed by atoms with E-state index in [1.165, 1.54) is 0 Å². The maximum absolute atomic E-state index is 12.3. The van der Waals surface area contributed by atoms with Crippen molar-refractivity contribution >= 4 is 0 Å². The lowest BCUT2D eigenvalue weighted by Gasteiger charge is -2.16. The van der Waals surface area contributed by atoms with Gasteiger partial charge < -0.3 is 14.0 Å². The third-order valence-electron chi connectivity index (χ3n) is 3.56. The van der Waals surface area contributed by atoms with Crippen molar-refractivity contribution in [2.45, 2.75) is 26.3 Å². The Labute approximate surface area is 135 Å². The molecule has 5 heteroatoms. The Morgan fingerprint density at radius 3 is 2.35 bits per heavy atom. The van der Waals surface area contributed by atoms with Crippen LogP contribution in [0.2, 0.25) is 0 Å². The summed E-state index contributed by atoms with van der Waals surface area (Å²) in [7, 11) is 1.61. The lowest BCUT2D eigenvalue weighted by molar-refractivity contribution is 0.293. The average molecular weight is 312 g/mol. The number of nitriles is 1. The van der Waals surface area contributed by atoms with Crippen LogP contribution >= 0.6 is 0 Å². The lowest BCUT2D eigenvalue weighted by Crippen LogP contribution is -2.28. The largest absolute Gasteiger partial charge is 0.497 e. The van der Waals surface area contributed by atoms with Crippen LogP contribution in [-0.4, -0.2) is 18.3 Å². The molecule has 2 aromatic rings. The van der Waals surface area contributed by atoms with Gasteiger partial charge in [-0.15, -0.1) is 0 Å². The third-order valence-corrected chi connectivity index (χ3v) is 3.56. The zero-order chi connectivity index (χ0) is 16.8. The molecule has 5 nitrogen and oxygen atoms in total. The number of aromatic nitrogens is 1. The number of hydrogen-bond donors (Lipinski definition) is 0. The van der Waals surface area contributed by atoms with Crippen LogP contribution in [-0.2, 0) is 6.54 Å². The van der Waals surface area contributed by atoms with E-state index in [1.807, 2.05) is 50.2 Å². The molecule has 0 aliphatic heterocycles. The molecular weight excluding hydrogens is 292 g/mol. The van der Waals surface area contributed by atoms with Gasteiger partial charge in [-0.2, -0.15) is 5.26 Å². The molecule has 0 aliphatic carbocycles. The predicted octanol–water partition coefficient (Wildman–Crippen LogP) is 2.93. The van der Waals surface area contributed by atoms with Crippen LogP contribution in [0.15, 0.2) is 41.2 Å². The maximum Gasteiger partial charge on any atom is 0.268 e. The monoisotopic (exact) mass is 312 g/mol. The quantitative estimate of drug-likeness (QED) is 0.822. The van der Waals surface area contributed by atoms with E-state index in [2.05, 4.69) is 0 Å². The first-order valence-corrected chi connectivity index (χ1v) is 7.47. The molecular formula is C18H20N2O3. The topological polar surface area (TPSA) is 64.2 Å². The van der Waals surface area contributed by atoms with E-state index in [-0.39, 0.29) is 17.0 Å². The van der Waals surface area contributed by atoms with Gasteiger partial charge in [0.25, 0.3) is 5.56 Å². The van der Waals surface area contributed by atoms with Gasteiger partial charge in [0.05, 0.1) is 13.7 Å². The van der Waals surface area contributed by atoms with Gasteiger partial charge in [-0.1, -0.05) is 13.8 Å². The molecule has 0 fully saturated rings. The van der Waals surface area contributed by atoms with Crippen LogP contribution < -0.4 is 15.0 Å². The van der Waals surface area contributed by atoms with Gasteiger partial charge in [-0.25, -0.2) is 0 Å². The number of ether oxygens (including phenoxy) is 2. The summed E-state index contributed by atoms with van der Waals surface area (Å²) < 4.78 is 12.4. The summed E-state index contributed by atoms with van der Waals surface area (Å²) in [6.45, 7) is 4.78. The highest BCUT2D eigenvalue weighted by Gasteiger charge is 2.11. The first-order chi connectivity index (χ1) is 11.1. The Morgan fingerprint density at radius 2 is 1.78 bits per heavy atom. The van der Waals surface area contributed by atoms with Crippen LogP contribution in [0.4, 0.5) is 0 Å². The fourth-order valence-electron chi connectivity index (χ4n) is 2.34. The Hall–Kier alpha value is -2.74. The summed E-state index contributed by atoms with van der Waals surface area (Å²) in [6, 6.07) is 12.6. The number of nitrogens with zero attached hydrogens (tertiary/aromatic N) is 2. The van der Waals surface area contributed by atoms with Crippen LogP contribution in [0.5, 0.6) is 11.5 Å². The molecule has 0 spiro atoms. The summed E-state index contributed by atoms with van der Waals surface area (Å²) >= 11 is 0. The van der Waals surface area contributed by atoms with Crippen molar-refractivity contribution in [3.05, 3.63) is 58.0 Å². The highest BCUT2D eigenvalue weighted by Crippen LogP contribution is 2.17. The van der Waals surface area contributed by atoms with E-state index in [4.69, 9.17) is 14.7 Å². The van der Waals surface area contributed by atoms with Crippen molar-refractivity contribution in [2.24, 2.45) is 0 Å².